The first-order valence-corrected chi connectivity index (χ1v) is 10.1. The van der Waals surface area contributed by atoms with Crippen LogP contribution in [0.2, 0.25) is 19.6 Å². The van der Waals surface area contributed by atoms with Crippen molar-refractivity contribution in [1.82, 2.24) is 9.78 Å². The molecule has 1 heterocycles. The predicted molar refractivity (Wildman–Crippen MR) is 78.2 cm³/mol. The van der Waals surface area contributed by atoms with E-state index in [-0.39, 0.29) is 5.82 Å². The Morgan fingerprint density at radius 1 is 1.32 bits per heavy atom. The Morgan fingerprint density at radius 3 is 2.68 bits per heavy atom. The third-order valence-corrected chi connectivity index (χ3v) is 4.05. The van der Waals surface area contributed by atoms with Gasteiger partial charge in [0.15, 0.2) is 0 Å². The molecule has 0 radical (unpaired) electrons. The summed E-state index contributed by atoms with van der Waals surface area (Å²) in [5, 5.41) is 4.90. The molecule has 0 N–H and O–H groups in total. The first-order valence-electron chi connectivity index (χ1n) is 6.64. The van der Waals surface area contributed by atoms with Crippen LogP contribution in [0.25, 0.3) is 10.9 Å². The van der Waals surface area contributed by atoms with E-state index in [4.69, 9.17) is 0 Å². The number of hydrogen-bond acceptors (Lipinski definition) is 1. The molecule has 0 amide bonds. The zero-order valence-electron chi connectivity index (χ0n) is 11.5. The highest BCUT2D eigenvalue weighted by atomic mass is 28.3. The first kappa shape index (κ1) is 12.4. The molecular weight excluding hydrogens is 255 g/mol. The van der Waals surface area contributed by atoms with Crippen molar-refractivity contribution in [3.8, 4) is 11.5 Å². The van der Waals surface area contributed by atoms with E-state index in [0.717, 1.165) is 18.4 Å². The molecule has 0 atom stereocenters. The van der Waals surface area contributed by atoms with Crippen LogP contribution >= 0.6 is 0 Å². The summed E-state index contributed by atoms with van der Waals surface area (Å²) in [5.41, 5.74) is 4.59. The maximum Gasteiger partial charge on any atom is 0.149 e. The Kier molecular flexibility index (Phi) is 2.75. The van der Waals surface area contributed by atoms with Gasteiger partial charge in [-0.25, -0.2) is 4.39 Å². The molecular formula is C15H17FN2Si. The second kappa shape index (κ2) is 4.21. The quantitative estimate of drug-likeness (QED) is 0.571. The maximum atomic E-state index is 14.4. The van der Waals surface area contributed by atoms with Gasteiger partial charge in [-0.1, -0.05) is 25.6 Å². The van der Waals surface area contributed by atoms with Crippen LogP contribution in [0.1, 0.15) is 24.4 Å². The van der Waals surface area contributed by atoms with E-state index in [2.05, 4.69) is 36.2 Å². The van der Waals surface area contributed by atoms with Gasteiger partial charge in [0, 0.05) is 0 Å². The molecule has 3 rings (SSSR count). The van der Waals surface area contributed by atoms with Crippen LogP contribution in [0.5, 0.6) is 0 Å². The SMILES string of the molecule is C[Si](C)(C)C#Cc1ccc2c(cnn2C2CC2)c1F. The smallest absolute Gasteiger partial charge is 0.149 e. The number of fused-ring (bicyclic) bond motifs is 1. The minimum atomic E-state index is -1.48. The Labute approximate surface area is 113 Å². The molecule has 1 aromatic carbocycles. The summed E-state index contributed by atoms with van der Waals surface area (Å²) in [6, 6.07) is 4.19. The summed E-state index contributed by atoms with van der Waals surface area (Å²) in [6.45, 7) is 6.46. The van der Waals surface area contributed by atoms with Gasteiger partial charge in [-0.2, -0.15) is 5.10 Å². The van der Waals surface area contributed by atoms with Crippen molar-refractivity contribution >= 4 is 19.0 Å². The van der Waals surface area contributed by atoms with E-state index < -0.39 is 8.07 Å². The van der Waals surface area contributed by atoms with Gasteiger partial charge >= 0.3 is 0 Å². The molecule has 1 fully saturated rings. The minimum absolute atomic E-state index is 0.227. The van der Waals surface area contributed by atoms with Gasteiger partial charge in [-0.3, -0.25) is 4.68 Å². The number of nitrogens with zero attached hydrogens (tertiary/aromatic N) is 2. The summed E-state index contributed by atoms with van der Waals surface area (Å²) >= 11 is 0. The Hall–Kier alpha value is -1.60. The van der Waals surface area contributed by atoms with E-state index in [9.17, 15) is 4.39 Å². The third kappa shape index (κ3) is 2.43. The molecule has 1 aliphatic rings. The Balaban J connectivity index is 2.08. The normalized spacial score (nSPS) is 15.4. The zero-order chi connectivity index (χ0) is 13.6. The molecule has 1 saturated carbocycles. The lowest BCUT2D eigenvalue weighted by Gasteiger charge is -2.04. The van der Waals surface area contributed by atoms with E-state index in [0.29, 0.717) is 17.0 Å². The standard InChI is InChI=1S/C15H17FN2Si/c1-19(2,3)9-8-11-4-7-14-13(15(11)16)10-17-18(14)12-5-6-12/h4,7,10,12H,5-6H2,1-3H3. The van der Waals surface area contributed by atoms with Crippen LogP contribution in [0.15, 0.2) is 18.3 Å². The van der Waals surface area contributed by atoms with Gasteiger partial charge in [0.25, 0.3) is 0 Å². The molecule has 1 aliphatic carbocycles. The van der Waals surface area contributed by atoms with Crippen LogP contribution in [0.3, 0.4) is 0 Å². The molecule has 0 spiro atoms. The largest absolute Gasteiger partial charge is 0.262 e. The summed E-state index contributed by atoms with van der Waals surface area (Å²) < 4.78 is 16.3. The molecule has 0 saturated heterocycles. The molecule has 98 valence electrons. The number of halogens is 1. The maximum absolute atomic E-state index is 14.4. The summed E-state index contributed by atoms with van der Waals surface area (Å²) in [6.07, 6.45) is 3.92. The molecule has 0 bridgehead atoms. The van der Waals surface area contributed by atoms with Crippen LogP contribution in [-0.2, 0) is 0 Å². The van der Waals surface area contributed by atoms with Crippen LogP contribution in [-0.4, -0.2) is 17.9 Å². The molecule has 1 aromatic heterocycles. The highest BCUT2D eigenvalue weighted by Crippen LogP contribution is 2.37. The van der Waals surface area contributed by atoms with E-state index in [1.807, 2.05) is 10.7 Å². The van der Waals surface area contributed by atoms with Crippen LogP contribution < -0.4 is 0 Å². The van der Waals surface area contributed by atoms with Crippen molar-refractivity contribution in [1.29, 1.82) is 0 Å². The van der Waals surface area contributed by atoms with Crippen molar-refractivity contribution < 1.29 is 4.39 Å². The van der Waals surface area contributed by atoms with Gasteiger partial charge in [-0.15, -0.1) is 5.54 Å². The fourth-order valence-corrected chi connectivity index (χ4v) is 2.56. The van der Waals surface area contributed by atoms with Crippen molar-refractivity contribution in [2.24, 2.45) is 0 Å². The fourth-order valence-electron chi connectivity index (χ4n) is 2.05. The lowest BCUT2D eigenvalue weighted by atomic mass is 10.1. The molecule has 4 heteroatoms. The second-order valence-electron chi connectivity index (χ2n) is 6.18. The molecule has 2 nitrogen and oxygen atoms in total. The Morgan fingerprint density at radius 2 is 2.05 bits per heavy atom. The lowest BCUT2D eigenvalue weighted by molar-refractivity contribution is 0.636. The number of hydrogen-bond donors (Lipinski definition) is 0. The van der Waals surface area contributed by atoms with Crippen molar-refractivity contribution in [3.63, 3.8) is 0 Å². The van der Waals surface area contributed by atoms with Gasteiger partial charge in [-0.05, 0) is 25.0 Å². The predicted octanol–water partition coefficient (Wildman–Crippen LogP) is 3.74. The van der Waals surface area contributed by atoms with Crippen LogP contribution in [0.4, 0.5) is 4.39 Å². The molecule has 0 aliphatic heterocycles. The van der Waals surface area contributed by atoms with Crippen LogP contribution in [0, 0.1) is 17.3 Å². The van der Waals surface area contributed by atoms with E-state index in [1.54, 1.807) is 12.3 Å². The highest BCUT2D eigenvalue weighted by molar-refractivity contribution is 6.83. The average molecular weight is 272 g/mol. The average Bonchev–Trinajstić information content (AvgIpc) is 3.07. The topological polar surface area (TPSA) is 17.8 Å². The fraction of sp³-hybridized carbons (Fsp3) is 0.400. The monoisotopic (exact) mass is 272 g/mol. The van der Waals surface area contributed by atoms with Gasteiger partial charge in [0.2, 0.25) is 0 Å². The van der Waals surface area contributed by atoms with Crippen molar-refractivity contribution in [3.05, 3.63) is 29.7 Å². The number of benzene rings is 1. The highest BCUT2D eigenvalue weighted by Gasteiger charge is 2.26. The van der Waals surface area contributed by atoms with E-state index in [1.165, 1.54) is 0 Å². The minimum Gasteiger partial charge on any atom is -0.262 e. The molecule has 19 heavy (non-hydrogen) atoms. The Bertz CT molecular complexity index is 696. The molecule has 2 aromatic rings. The first-order chi connectivity index (χ1) is 8.96. The van der Waals surface area contributed by atoms with E-state index >= 15 is 0 Å². The molecule has 0 unspecified atom stereocenters. The van der Waals surface area contributed by atoms with Gasteiger partial charge < -0.3 is 0 Å². The third-order valence-electron chi connectivity index (χ3n) is 3.18. The van der Waals surface area contributed by atoms with Gasteiger partial charge in [0.1, 0.15) is 13.9 Å². The lowest BCUT2D eigenvalue weighted by Crippen LogP contribution is -2.16. The number of rotatable bonds is 1. The summed E-state index contributed by atoms with van der Waals surface area (Å²) in [5.74, 6) is 2.77. The summed E-state index contributed by atoms with van der Waals surface area (Å²) in [7, 11) is -1.48. The second-order valence-corrected chi connectivity index (χ2v) is 10.9. The van der Waals surface area contributed by atoms with Gasteiger partial charge in [0.05, 0.1) is 28.7 Å². The zero-order valence-corrected chi connectivity index (χ0v) is 12.5. The summed E-state index contributed by atoms with van der Waals surface area (Å²) in [4.78, 5) is 0. The van der Waals surface area contributed by atoms with Crippen molar-refractivity contribution in [2.75, 3.05) is 0 Å². The van der Waals surface area contributed by atoms with Crippen molar-refractivity contribution in [2.45, 2.75) is 38.5 Å². The number of aromatic nitrogens is 2.